The van der Waals surface area contributed by atoms with E-state index < -0.39 is 35.8 Å². The molecule has 17 nitrogen and oxygen atoms in total. The molecule has 0 fully saturated rings. The number of nitrogens with zero attached hydrogens (tertiary/aromatic N) is 6. The Morgan fingerprint density at radius 1 is 0.938 bits per heavy atom. The lowest BCUT2D eigenvalue weighted by atomic mass is 10.1. The van der Waals surface area contributed by atoms with Gasteiger partial charge >= 0.3 is 0 Å². The number of hydrogen-bond acceptors (Lipinski definition) is 16. The van der Waals surface area contributed by atoms with Crippen molar-refractivity contribution < 1.29 is 45.7 Å². The van der Waals surface area contributed by atoms with Gasteiger partial charge in [0.2, 0.25) is 17.2 Å². The second-order valence-corrected chi connectivity index (χ2v) is 13.3. The third-order valence-electron chi connectivity index (χ3n) is 6.44. The van der Waals surface area contributed by atoms with Gasteiger partial charge in [-0.3, -0.25) is 9.11 Å². The number of fused-ring (bicyclic) bond motifs is 1. The highest BCUT2D eigenvalue weighted by molar-refractivity contribution is 7.94. The fraction of sp³-hybridized carbons (Fsp3) is 0.0741. The Kier molecular flexibility index (Phi) is 10.4. The highest BCUT2D eigenvalue weighted by Crippen LogP contribution is 2.47. The van der Waals surface area contributed by atoms with Gasteiger partial charge in [0.05, 0.1) is 27.5 Å². The van der Waals surface area contributed by atoms with E-state index in [0.717, 1.165) is 23.9 Å². The van der Waals surface area contributed by atoms with Gasteiger partial charge in [0.25, 0.3) is 20.2 Å². The minimum atomic E-state index is -4.83. The number of rotatable bonds is 12. The number of halogens is 1. The molecule has 5 rings (SSSR count). The number of para-hydroxylation sites is 1. The fourth-order valence-corrected chi connectivity index (χ4v) is 6.28. The lowest BCUT2D eigenvalue weighted by Crippen LogP contribution is -2.19. The average molecular weight is 736 g/mol. The monoisotopic (exact) mass is 735 g/mol. The SMILES string of the molecule is CCN(c1ccccc1)c1nc(Cl)nc(Nc2cc(S(=O)(=O)O)cc3cc(SOOO)c(N=Nc4ccccc4S(=O)(=O)O)c(O)c23)n1. The largest absolute Gasteiger partial charge is 0.505 e. The van der Waals surface area contributed by atoms with Crippen LogP contribution >= 0.6 is 23.6 Å². The van der Waals surface area contributed by atoms with E-state index in [1.54, 1.807) is 4.90 Å². The van der Waals surface area contributed by atoms with Crippen molar-refractivity contribution in [2.24, 2.45) is 10.2 Å². The first-order valence-electron chi connectivity index (χ1n) is 13.3. The van der Waals surface area contributed by atoms with E-state index in [2.05, 4.69) is 39.9 Å². The minimum absolute atomic E-state index is 0.0219. The third-order valence-corrected chi connectivity index (χ3v) is 8.97. The summed E-state index contributed by atoms with van der Waals surface area (Å²) in [6.45, 7) is 2.27. The van der Waals surface area contributed by atoms with Gasteiger partial charge in [0, 0.05) is 17.6 Å². The number of phenolic OH excluding ortho intramolecular Hbond substituents is 1. The first kappa shape index (κ1) is 34.8. The van der Waals surface area contributed by atoms with E-state index in [-0.39, 0.29) is 49.9 Å². The summed E-state index contributed by atoms with van der Waals surface area (Å²) in [6.07, 6.45) is 0. The van der Waals surface area contributed by atoms with Gasteiger partial charge in [-0.05, 0) is 66.4 Å². The van der Waals surface area contributed by atoms with Crippen molar-refractivity contribution in [1.29, 1.82) is 0 Å². The molecule has 1 aromatic heterocycles. The zero-order valence-electron chi connectivity index (χ0n) is 24.2. The first-order valence-corrected chi connectivity index (χ1v) is 17.3. The Morgan fingerprint density at radius 2 is 1.65 bits per heavy atom. The lowest BCUT2D eigenvalue weighted by molar-refractivity contribution is -0.432. The summed E-state index contributed by atoms with van der Waals surface area (Å²) in [6, 6.07) is 17.4. The third kappa shape index (κ3) is 7.78. The molecule has 250 valence electrons. The van der Waals surface area contributed by atoms with Crippen molar-refractivity contribution in [3.8, 4) is 5.75 Å². The van der Waals surface area contributed by atoms with Crippen molar-refractivity contribution in [3.05, 3.63) is 78.1 Å². The summed E-state index contributed by atoms with van der Waals surface area (Å²) in [5.41, 5.74) is -0.123. The number of nitrogens with one attached hydrogen (secondary N) is 1. The normalized spacial score (nSPS) is 12.1. The molecule has 21 heteroatoms. The number of benzene rings is 4. The highest BCUT2D eigenvalue weighted by atomic mass is 35.5. The molecular formula is C27H22ClN7O10S3. The fourth-order valence-electron chi connectivity index (χ4n) is 4.47. The van der Waals surface area contributed by atoms with Crippen LogP contribution in [0.3, 0.4) is 0 Å². The summed E-state index contributed by atoms with van der Waals surface area (Å²) in [7, 11) is -9.55. The van der Waals surface area contributed by atoms with Gasteiger partial charge in [-0.15, -0.1) is 14.6 Å². The van der Waals surface area contributed by atoms with Crippen molar-refractivity contribution in [3.63, 3.8) is 0 Å². The summed E-state index contributed by atoms with van der Waals surface area (Å²) >= 11 is 6.56. The van der Waals surface area contributed by atoms with E-state index in [1.165, 1.54) is 24.3 Å². The summed E-state index contributed by atoms with van der Waals surface area (Å²) in [5, 5.41) is 34.2. The van der Waals surface area contributed by atoms with Gasteiger partial charge < -0.3 is 15.3 Å². The molecule has 4 aromatic carbocycles. The Bertz CT molecular complexity index is 2250. The predicted octanol–water partition coefficient (Wildman–Crippen LogP) is 6.62. The van der Waals surface area contributed by atoms with Gasteiger partial charge in [0.15, 0.2) is 5.75 Å². The molecule has 0 amide bonds. The maximum absolute atomic E-state index is 12.3. The number of hydrogen-bond donors (Lipinski definition) is 5. The summed E-state index contributed by atoms with van der Waals surface area (Å²) < 4.78 is 72.3. The molecule has 0 bridgehead atoms. The molecule has 0 radical (unpaired) electrons. The van der Waals surface area contributed by atoms with Crippen molar-refractivity contribution in [1.82, 2.24) is 15.0 Å². The minimum Gasteiger partial charge on any atom is -0.505 e. The maximum Gasteiger partial charge on any atom is 0.296 e. The van der Waals surface area contributed by atoms with Gasteiger partial charge in [-0.2, -0.15) is 31.8 Å². The molecule has 0 aliphatic heterocycles. The van der Waals surface area contributed by atoms with E-state index >= 15 is 0 Å². The molecule has 0 spiro atoms. The second-order valence-electron chi connectivity index (χ2n) is 9.42. The average Bonchev–Trinajstić information content (AvgIpc) is 3.03. The first-order chi connectivity index (χ1) is 22.8. The van der Waals surface area contributed by atoms with Crippen LogP contribution in [0.15, 0.2) is 97.7 Å². The molecule has 5 N–H and O–H groups in total. The molecule has 48 heavy (non-hydrogen) atoms. The molecule has 0 saturated heterocycles. The number of aromatic nitrogens is 3. The van der Waals surface area contributed by atoms with Crippen LogP contribution in [0.25, 0.3) is 10.8 Å². The molecule has 0 aliphatic carbocycles. The number of phenols is 1. The van der Waals surface area contributed by atoms with E-state index in [4.69, 9.17) is 16.9 Å². The van der Waals surface area contributed by atoms with Crippen LogP contribution in [0.5, 0.6) is 5.75 Å². The number of anilines is 4. The second kappa shape index (κ2) is 14.3. The Morgan fingerprint density at radius 3 is 2.31 bits per heavy atom. The van der Waals surface area contributed by atoms with E-state index in [1.807, 2.05) is 37.3 Å². The van der Waals surface area contributed by atoms with Crippen LogP contribution in [-0.2, 0) is 29.6 Å². The molecule has 0 unspecified atom stereocenters. The number of azo groups is 1. The predicted molar refractivity (Wildman–Crippen MR) is 174 cm³/mol. The van der Waals surface area contributed by atoms with Crippen LogP contribution in [0, 0.1) is 0 Å². The van der Waals surface area contributed by atoms with Crippen LogP contribution in [0.2, 0.25) is 5.28 Å². The van der Waals surface area contributed by atoms with Crippen molar-refractivity contribution in [2.75, 3.05) is 16.8 Å². The number of aromatic hydroxyl groups is 1. The molecule has 0 saturated carbocycles. The highest BCUT2D eigenvalue weighted by Gasteiger charge is 2.23. The Balaban J connectivity index is 1.71. The summed E-state index contributed by atoms with van der Waals surface area (Å²) in [5.74, 6) is -0.736. The lowest BCUT2D eigenvalue weighted by Gasteiger charge is -2.21. The van der Waals surface area contributed by atoms with Gasteiger partial charge in [-0.25, -0.2) is 5.26 Å². The Labute approximate surface area is 281 Å². The van der Waals surface area contributed by atoms with Crippen LogP contribution in [-0.4, -0.2) is 57.8 Å². The van der Waals surface area contributed by atoms with Crippen LogP contribution in [0.4, 0.5) is 34.6 Å². The van der Waals surface area contributed by atoms with E-state index in [0.29, 0.717) is 18.6 Å². The smallest absolute Gasteiger partial charge is 0.296 e. The molecule has 1 heterocycles. The van der Waals surface area contributed by atoms with Crippen LogP contribution < -0.4 is 10.2 Å². The Hall–Kier alpha value is -4.51. The standard InChI is InChI=1S/C27H22ClN7O10S3/c1-2-35(16-8-4-3-5-9-16)27-31-25(28)30-26(32-27)29-19-14-17(47(38,39)40)12-15-13-20(46-45-44-37)23(24(36)22(15)19)34-33-18-10-6-7-11-21(18)48(41,42)43/h3-14,36-37H,2H2,1H3,(H,38,39,40)(H,41,42,43)(H,29,30,31,32). The zero-order chi connectivity index (χ0) is 34.6. The van der Waals surface area contributed by atoms with E-state index in [9.17, 15) is 31.0 Å². The molecule has 5 aromatic rings. The molecular weight excluding hydrogens is 714 g/mol. The zero-order valence-corrected chi connectivity index (χ0v) is 27.4. The van der Waals surface area contributed by atoms with Crippen LogP contribution in [0.1, 0.15) is 6.92 Å². The van der Waals surface area contributed by atoms with Gasteiger partial charge in [-0.1, -0.05) is 35.4 Å². The maximum atomic E-state index is 12.3. The summed E-state index contributed by atoms with van der Waals surface area (Å²) in [4.78, 5) is 13.1. The van der Waals surface area contributed by atoms with Crippen molar-refractivity contribution in [2.45, 2.75) is 21.6 Å². The van der Waals surface area contributed by atoms with Gasteiger partial charge in [0.1, 0.15) is 16.3 Å². The molecule has 0 atom stereocenters. The topological polar surface area (TPSA) is 246 Å². The molecule has 0 aliphatic rings. The quantitative estimate of drug-likeness (QED) is 0.0297. The van der Waals surface area contributed by atoms with Crippen molar-refractivity contribution >= 4 is 89.3 Å².